The van der Waals surface area contributed by atoms with E-state index in [2.05, 4.69) is 32.3 Å². The van der Waals surface area contributed by atoms with Crippen molar-refractivity contribution in [3.05, 3.63) is 72.1 Å². The number of amides is 1. The van der Waals surface area contributed by atoms with Gasteiger partial charge in [0.25, 0.3) is 0 Å². The zero-order chi connectivity index (χ0) is 19.2. The van der Waals surface area contributed by atoms with E-state index in [9.17, 15) is 4.79 Å². The average molecular weight is 374 g/mol. The quantitative estimate of drug-likeness (QED) is 0.616. The van der Waals surface area contributed by atoms with Crippen LogP contribution in [0.4, 0.5) is 0 Å². The Morgan fingerprint density at radius 1 is 1.18 bits per heavy atom. The fourth-order valence-electron chi connectivity index (χ4n) is 3.83. The molecule has 1 saturated heterocycles. The maximum absolute atomic E-state index is 12.6. The van der Waals surface area contributed by atoms with Gasteiger partial charge in [-0.05, 0) is 56.1 Å². The van der Waals surface area contributed by atoms with Crippen molar-refractivity contribution in [3.8, 4) is 0 Å². The maximum Gasteiger partial charge on any atom is 0.244 e. The molecule has 1 aromatic carbocycles. The highest BCUT2D eigenvalue weighted by Gasteiger charge is 2.17. The van der Waals surface area contributed by atoms with Crippen molar-refractivity contribution < 1.29 is 4.79 Å². The molecule has 1 unspecified atom stereocenters. The number of likely N-dealkylation sites (tertiary alicyclic amines) is 1. The minimum absolute atomic E-state index is 0.0172. The Morgan fingerprint density at radius 3 is 2.82 bits per heavy atom. The number of benzene rings is 1. The highest BCUT2D eigenvalue weighted by molar-refractivity contribution is 5.95. The van der Waals surface area contributed by atoms with E-state index in [4.69, 9.17) is 0 Å². The van der Waals surface area contributed by atoms with Crippen molar-refractivity contribution in [2.24, 2.45) is 0 Å². The monoisotopic (exact) mass is 374 g/mol. The van der Waals surface area contributed by atoms with E-state index in [1.165, 1.54) is 25.9 Å². The lowest BCUT2D eigenvalue weighted by Crippen LogP contribution is -2.31. The first-order valence-corrected chi connectivity index (χ1v) is 9.97. The third-order valence-corrected chi connectivity index (χ3v) is 5.35. The number of fused-ring (bicyclic) bond motifs is 1. The third kappa shape index (κ3) is 4.49. The van der Waals surface area contributed by atoms with E-state index in [0.717, 1.165) is 35.1 Å². The molecule has 28 heavy (non-hydrogen) atoms. The second-order valence-electron chi connectivity index (χ2n) is 7.29. The maximum atomic E-state index is 12.6. The van der Waals surface area contributed by atoms with Gasteiger partial charge in [-0.1, -0.05) is 30.3 Å². The number of aromatic amines is 1. The second kappa shape index (κ2) is 8.85. The molecule has 2 N–H and O–H groups in total. The van der Waals surface area contributed by atoms with Gasteiger partial charge in [0.2, 0.25) is 5.91 Å². The Hall–Kier alpha value is -2.92. The van der Waals surface area contributed by atoms with Crippen molar-refractivity contribution in [1.29, 1.82) is 0 Å². The Balaban J connectivity index is 1.43. The molecule has 3 aromatic rings. The zero-order valence-corrected chi connectivity index (χ0v) is 16.0. The molecule has 0 spiro atoms. The molecule has 0 bridgehead atoms. The van der Waals surface area contributed by atoms with Crippen molar-refractivity contribution in [2.75, 3.05) is 19.6 Å². The van der Waals surface area contributed by atoms with Gasteiger partial charge in [0.05, 0.1) is 6.04 Å². The topological polar surface area (TPSA) is 61.0 Å². The molecule has 1 fully saturated rings. The Bertz CT molecular complexity index is 941. The van der Waals surface area contributed by atoms with Gasteiger partial charge in [-0.15, -0.1) is 0 Å². The minimum atomic E-state index is -0.0754. The molecule has 1 amide bonds. The number of pyridine rings is 1. The van der Waals surface area contributed by atoms with Crippen LogP contribution in [0.15, 0.2) is 60.9 Å². The van der Waals surface area contributed by atoms with E-state index in [1.54, 1.807) is 12.3 Å². The number of carbonyl (C=O) groups excluding carboxylic acids is 1. The summed E-state index contributed by atoms with van der Waals surface area (Å²) in [4.78, 5) is 22.5. The van der Waals surface area contributed by atoms with Crippen molar-refractivity contribution in [2.45, 2.75) is 25.3 Å². The SMILES string of the molecule is O=C(C=Cc1c[nH]c2ncccc12)NC(CCN1CCCC1)c1ccccc1. The number of hydrogen-bond donors (Lipinski definition) is 2. The third-order valence-electron chi connectivity index (χ3n) is 5.35. The molecular formula is C23H26N4O. The number of rotatable bonds is 7. The zero-order valence-electron chi connectivity index (χ0n) is 16.0. The number of carbonyl (C=O) groups is 1. The normalized spacial score (nSPS) is 16.0. The average Bonchev–Trinajstić information content (AvgIpc) is 3.40. The Labute approximate surface area is 165 Å². The molecule has 2 aromatic heterocycles. The fraction of sp³-hybridized carbons (Fsp3) is 0.304. The van der Waals surface area contributed by atoms with Crippen LogP contribution in [0.5, 0.6) is 0 Å². The van der Waals surface area contributed by atoms with Crippen LogP contribution in [0.3, 0.4) is 0 Å². The molecule has 5 nitrogen and oxygen atoms in total. The smallest absolute Gasteiger partial charge is 0.244 e. The standard InChI is InChI=1S/C23H26N4O/c28-22(11-10-19-17-25-23-20(19)9-6-13-24-23)26-21(18-7-2-1-3-8-18)12-16-27-14-4-5-15-27/h1-3,6-11,13,17,21H,4-5,12,14-16H2,(H,24,25)(H,26,28). The summed E-state index contributed by atoms with van der Waals surface area (Å²) >= 11 is 0. The minimum Gasteiger partial charge on any atom is -0.346 e. The second-order valence-corrected chi connectivity index (χ2v) is 7.29. The molecule has 1 aliphatic rings. The van der Waals surface area contributed by atoms with Gasteiger partial charge in [0.15, 0.2) is 0 Å². The number of H-pyrrole nitrogens is 1. The van der Waals surface area contributed by atoms with Gasteiger partial charge in [-0.2, -0.15) is 0 Å². The highest BCUT2D eigenvalue weighted by Crippen LogP contribution is 2.20. The van der Waals surface area contributed by atoms with Gasteiger partial charge in [0.1, 0.15) is 5.65 Å². The molecule has 144 valence electrons. The predicted molar refractivity (Wildman–Crippen MR) is 113 cm³/mol. The predicted octanol–water partition coefficient (Wildman–Crippen LogP) is 3.92. The first-order chi connectivity index (χ1) is 13.8. The molecule has 0 aliphatic carbocycles. The lowest BCUT2D eigenvalue weighted by molar-refractivity contribution is -0.117. The summed E-state index contributed by atoms with van der Waals surface area (Å²) in [6.45, 7) is 3.35. The van der Waals surface area contributed by atoms with Crippen LogP contribution < -0.4 is 5.32 Å². The summed E-state index contributed by atoms with van der Waals surface area (Å²) in [6, 6.07) is 14.2. The Morgan fingerprint density at radius 2 is 2.00 bits per heavy atom. The van der Waals surface area contributed by atoms with Crippen LogP contribution in [0.2, 0.25) is 0 Å². The Kier molecular flexibility index (Phi) is 5.83. The van der Waals surface area contributed by atoms with Crippen molar-refractivity contribution >= 4 is 23.0 Å². The molecule has 0 radical (unpaired) electrons. The van der Waals surface area contributed by atoms with Crippen LogP contribution >= 0.6 is 0 Å². The summed E-state index contributed by atoms with van der Waals surface area (Å²) < 4.78 is 0. The molecular weight excluding hydrogens is 348 g/mol. The van der Waals surface area contributed by atoms with Gasteiger partial charge in [0, 0.05) is 36.0 Å². The number of hydrogen-bond acceptors (Lipinski definition) is 3. The summed E-state index contributed by atoms with van der Waals surface area (Å²) in [7, 11) is 0. The first kappa shape index (κ1) is 18.4. The molecule has 0 saturated carbocycles. The van der Waals surface area contributed by atoms with Crippen molar-refractivity contribution in [3.63, 3.8) is 0 Å². The largest absolute Gasteiger partial charge is 0.346 e. The lowest BCUT2D eigenvalue weighted by atomic mass is 10.0. The first-order valence-electron chi connectivity index (χ1n) is 9.97. The molecule has 4 rings (SSSR count). The summed E-state index contributed by atoms with van der Waals surface area (Å²) in [6.07, 6.45) is 10.6. The van der Waals surface area contributed by atoms with Crippen LogP contribution in [-0.2, 0) is 4.79 Å². The van der Waals surface area contributed by atoms with Gasteiger partial charge < -0.3 is 15.2 Å². The van der Waals surface area contributed by atoms with Crippen LogP contribution in [-0.4, -0.2) is 40.4 Å². The van der Waals surface area contributed by atoms with Crippen LogP contribution in [0.1, 0.15) is 36.4 Å². The lowest BCUT2D eigenvalue weighted by Gasteiger charge is -2.22. The molecule has 1 atom stereocenters. The van der Waals surface area contributed by atoms with E-state index in [0.29, 0.717) is 0 Å². The van der Waals surface area contributed by atoms with Gasteiger partial charge in [-0.3, -0.25) is 4.79 Å². The van der Waals surface area contributed by atoms with E-state index < -0.39 is 0 Å². The van der Waals surface area contributed by atoms with Crippen LogP contribution in [0, 0.1) is 0 Å². The van der Waals surface area contributed by atoms with E-state index in [1.807, 2.05) is 42.6 Å². The summed E-state index contributed by atoms with van der Waals surface area (Å²) in [5.41, 5.74) is 2.95. The molecule has 3 heterocycles. The number of nitrogens with zero attached hydrogens (tertiary/aromatic N) is 2. The highest BCUT2D eigenvalue weighted by atomic mass is 16.1. The fourth-order valence-corrected chi connectivity index (χ4v) is 3.83. The van der Waals surface area contributed by atoms with Gasteiger partial charge >= 0.3 is 0 Å². The molecule has 1 aliphatic heterocycles. The molecule has 5 heteroatoms. The summed E-state index contributed by atoms with van der Waals surface area (Å²) in [5, 5.41) is 4.20. The number of aromatic nitrogens is 2. The summed E-state index contributed by atoms with van der Waals surface area (Å²) in [5.74, 6) is -0.0754. The van der Waals surface area contributed by atoms with E-state index >= 15 is 0 Å². The van der Waals surface area contributed by atoms with Crippen molar-refractivity contribution in [1.82, 2.24) is 20.2 Å². The number of nitrogens with one attached hydrogen (secondary N) is 2. The van der Waals surface area contributed by atoms with Crippen LogP contribution in [0.25, 0.3) is 17.1 Å². The van der Waals surface area contributed by atoms with E-state index in [-0.39, 0.29) is 11.9 Å². The van der Waals surface area contributed by atoms with Gasteiger partial charge in [-0.25, -0.2) is 4.98 Å².